The zero-order valence-corrected chi connectivity index (χ0v) is 12.4. The van der Waals surface area contributed by atoms with Gasteiger partial charge >= 0.3 is 5.97 Å². The summed E-state index contributed by atoms with van der Waals surface area (Å²) in [5, 5.41) is 0. The Morgan fingerprint density at radius 3 is 2.41 bits per heavy atom. The number of hydrogen-bond donors (Lipinski definition) is 0. The highest BCUT2D eigenvalue weighted by atomic mass is 19.1. The molecular weight excluding hydrogens is 294 g/mol. The summed E-state index contributed by atoms with van der Waals surface area (Å²) in [5.74, 6) is -2.83. The molecule has 1 heterocycles. The second-order valence-electron chi connectivity index (χ2n) is 5.73. The standard InChI is InChI=1S/C16H18F2O4/c1-20-15(19)12-9-13(17)11(8-14(12)18)10-2-4-16(5-3-10)21-6-7-22-16/h8-10H,2-7H2,1H3. The van der Waals surface area contributed by atoms with Crippen LogP contribution in [0.2, 0.25) is 0 Å². The first-order valence-corrected chi connectivity index (χ1v) is 7.40. The number of benzene rings is 1. The fourth-order valence-electron chi connectivity index (χ4n) is 3.30. The van der Waals surface area contributed by atoms with Gasteiger partial charge in [0.1, 0.15) is 11.6 Å². The van der Waals surface area contributed by atoms with Crippen LogP contribution in [0.3, 0.4) is 0 Å². The molecule has 0 unspecified atom stereocenters. The Kier molecular flexibility index (Phi) is 4.14. The van der Waals surface area contributed by atoms with Crippen LogP contribution in [0.1, 0.15) is 47.5 Å². The Labute approximate surface area is 127 Å². The van der Waals surface area contributed by atoms with Gasteiger partial charge in [-0.15, -0.1) is 0 Å². The van der Waals surface area contributed by atoms with Gasteiger partial charge < -0.3 is 14.2 Å². The number of methoxy groups -OCH3 is 1. The van der Waals surface area contributed by atoms with Crippen LogP contribution >= 0.6 is 0 Å². The van der Waals surface area contributed by atoms with Crippen molar-refractivity contribution in [3.05, 3.63) is 34.9 Å². The molecule has 0 amide bonds. The van der Waals surface area contributed by atoms with Gasteiger partial charge in [0.15, 0.2) is 5.79 Å². The lowest BCUT2D eigenvalue weighted by atomic mass is 9.80. The van der Waals surface area contributed by atoms with E-state index in [-0.39, 0.29) is 11.5 Å². The molecule has 4 nitrogen and oxygen atoms in total. The van der Waals surface area contributed by atoms with Gasteiger partial charge in [-0.3, -0.25) is 0 Å². The van der Waals surface area contributed by atoms with E-state index in [9.17, 15) is 13.6 Å². The molecule has 1 aromatic rings. The van der Waals surface area contributed by atoms with Crippen molar-refractivity contribution in [3.8, 4) is 0 Å². The van der Waals surface area contributed by atoms with Crippen molar-refractivity contribution < 1.29 is 27.8 Å². The number of carbonyl (C=O) groups excluding carboxylic acids is 1. The molecule has 1 spiro atoms. The molecule has 0 N–H and O–H groups in total. The van der Waals surface area contributed by atoms with E-state index >= 15 is 0 Å². The fourth-order valence-corrected chi connectivity index (χ4v) is 3.30. The molecule has 1 aliphatic heterocycles. The highest BCUT2D eigenvalue weighted by molar-refractivity contribution is 5.89. The van der Waals surface area contributed by atoms with Crippen molar-refractivity contribution in [3.63, 3.8) is 0 Å². The molecule has 120 valence electrons. The fraction of sp³-hybridized carbons (Fsp3) is 0.562. The third-order valence-corrected chi connectivity index (χ3v) is 4.49. The van der Waals surface area contributed by atoms with Gasteiger partial charge in [0.25, 0.3) is 0 Å². The second-order valence-corrected chi connectivity index (χ2v) is 5.73. The van der Waals surface area contributed by atoms with E-state index in [0.717, 1.165) is 19.2 Å². The summed E-state index contributed by atoms with van der Waals surface area (Å²) in [7, 11) is 1.13. The first kappa shape index (κ1) is 15.4. The monoisotopic (exact) mass is 312 g/mol. The maximum atomic E-state index is 14.2. The lowest BCUT2D eigenvalue weighted by Crippen LogP contribution is -2.34. The first-order chi connectivity index (χ1) is 10.5. The molecule has 22 heavy (non-hydrogen) atoms. The van der Waals surface area contributed by atoms with Crippen LogP contribution in [0.25, 0.3) is 0 Å². The van der Waals surface area contributed by atoms with E-state index in [1.54, 1.807) is 0 Å². The van der Waals surface area contributed by atoms with Crippen LogP contribution in [-0.4, -0.2) is 32.1 Å². The van der Waals surface area contributed by atoms with Crippen LogP contribution in [0.15, 0.2) is 12.1 Å². The quantitative estimate of drug-likeness (QED) is 0.787. The van der Waals surface area contributed by atoms with Crippen molar-refractivity contribution in [2.45, 2.75) is 37.4 Å². The molecule has 0 atom stereocenters. The van der Waals surface area contributed by atoms with Crippen molar-refractivity contribution in [1.29, 1.82) is 0 Å². The predicted octanol–water partition coefficient (Wildman–Crippen LogP) is 3.15. The topological polar surface area (TPSA) is 44.8 Å². The Bertz CT molecular complexity index is 572. The summed E-state index contributed by atoms with van der Waals surface area (Å²) in [5.41, 5.74) is -0.0727. The Morgan fingerprint density at radius 1 is 1.18 bits per heavy atom. The van der Waals surface area contributed by atoms with Crippen molar-refractivity contribution in [1.82, 2.24) is 0 Å². The molecule has 1 aromatic carbocycles. The molecule has 6 heteroatoms. The Hall–Kier alpha value is -1.53. The lowest BCUT2D eigenvalue weighted by molar-refractivity contribution is -0.178. The maximum Gasteiger partial charge on any atom is 0.340 e. The average Bonchev–Trinajstić information content (AvgIpc) is 2.97. The summed E-state index contributed by atoms with van der Waals surface area (Å²) in [4.78, 5) is 11.4. The summed E-state index contributed by atoms with van der Waals surface area (Å²) in [6.45, 7) is 1.17. The van der Waals surface area contributed by atoms with Crippen LogP contribution in [-0.2, 0) is 14.2 Å². The van der Waals surface area contributed by atoms with Crippen molar-refractivity contribution in [2.24, 2.45) is 0 Å². The lowest BCUT2D eigenvalue weighted by Gasteiger charge is -2.35. The summed E-state index contributed by atoms with van der Waals surface area (Å²) >= 11 is 0. The molecular formula is C16H18F2O4. The minimum atomic E-state index is -0.877. The first-order valence-electron chi connectivity index (χ1n) is 7.40. The Morgan fingerprint density at radius 2 is 1.82 bits per heavy atom. The van der Waals surface area contributed by atoms with Crippen LogP contribution in [0.5, 0.6) is 0 Å². The van der Waals surface area contributed by atoms with Gasteiger partial charge in [-0.25, -0.2) is 13.6 Å². The van der Waals surface area contributed by atoms with E-state index in [1.807, 2.05) is 0 Å². The van der Waals surface area contributed by atoms with E-state index in [0.29, 0.717) is 44.5 Å². The SMILES string of the molecule is COC(=O)c1cc(F)c(C2CCC3(CC2)OCCO3)cc1F. The second kappa shape index (κ2) is 5.93. The highest BCUT2D eigenvalue weighted by Gasteiger charge is 2.41. The number of halogens is 2. The number of hydrogen-bond acceptors (Lipinski definition) is 4. The van der Waals surface area contributed by atoms with Gasteiger partial charge in [0, 0.05) is 12.8 Å². The smallest absolute Gasteiger partial charge is 0.340 e. The largest absolute Gasteiger partial charge is 0.465 e. The number of esters is 1. The van der Waals surface area contributed by atoms with E-state index in [2.05, 4.69) is 4.74 Å². The van der Waals surface area contributed by atoms with Gasteiger partial charge in [0.2, 0.25) is 0 Å². The zero-order valence-electron chi connectivity index (χ0n) is 12.4. The third-order valence-electron chi connectivity index (χ3n) is 4.49. The molecule has 0 radical (unpaired) electrons. The van der Waals surface area contributed by atoms with Crippen molar-refractivity contribution in [2.75, 3.05) is 20.3 Å². The molecule has 0 bridgehead atoms. The minimum absolute atomic E-state index is 0.0976. The molecule has 1 aliphatic carbocycles. The van der Waals surface area contributed by atoms with Gasteiger partial charge in [0.05, 0.1) is 25.9 Å². The van der Waals surface area contributed by atoms with Crippen LogP contribution in [0, 0.1) is 11.6 Å². The van der Waals surface area contributed by atoms with Gasteiger partial charge in [-0.1, -0.05) is 0 Å². The molecule has 1 saturated carbocycles. The van der Waals surface area contributed by atoms with E-state index in [1.165, 1.54) is 0 Å². The predicted molar refractivity (Wildman–Crippen MR) is 73.5 cm³/mol. The Balaban J connectivity index is 1.78. The van der Waals surface area contributed by atoms with Crippen LogP contribution < -0.4 is 0 Å². The third kappa shape index (κ3) is 2.73. The van der Waals surface area contributed by atoms with E-state index in [4.69, 9.17) is 9.47 Å². The normalized spacial score (nSPS) is 21.2. The summed E-state index contributed by atoms with van der Waals surface area (Å²) in [6, 6.07) is 2.03. The zero-order chi connectivity index (χ0) is 15.7. The van der Waals surface area contributed by atoms with Gasteiger partial charge in [-0.05, 0) is 36.5 Å². The van der Waals surface area contributed by atoms with Crippen LogP contribution in [0.4, 0.5) is 8.78 Å². The molecule has 0 aromatic heterocycles. The number of rotatable bonds is 2. The summed E-state index contributed by atoms with van der Waals surface area (Å²) in [6.07, 6.45) is 2.65. The number of carbonyl (C=O) groups is 1. The average molecular weight is 312 g/mol. The molecule has 2 fully saturated rings. The number of ether oxygens (including phenoxy) is 3. The van der Waals surface area contributed by atoms with E-state index < -0.39 is 23.4 Å². The minimum Gasteiger partial charge on any atom is -0.465 e. The van der Waals surface area contributed by atoms with Gasteiger partial charge in [-0.2, -0.15) is 0 Å². The van der Waals surface area contributed by atoms with Crippen molar-refractivity contribution >= 4 is 5.97 Å². The molecule has 1 saturated heterocycles. The molecule has 2 aliphatic rings. The summed E-state index contributed by atoms with van der Waals surface area (Å²) < 4.78 is 44.0. The highest BCUT2D eigenvalue weighted by Crippen LogP contribution is 2.43. The molecule has 3 rings (SSSR count). The maximum absolute atomic E-state index is 14.2.